The van der Waals surface area contributed by atoms with Gasteiger partial charge in [0.25, 0.3) is 0 Å². The normalized spacial score (nSPS) is 10.9. The molecular weight excluding hydrogens is 220 g/mol. The molecule has 0 saturated carbocycles. The van der Waals surface area contributed by atoms with Gasteiger partial charge in [-0.1, -0.05) is 0 Å². The molecule has 2 aromatic heterocycles. The molecule has 0 atom stereocenters. The summed E-state index contributed by atoms with van der Waals surface area (Å²) in [6.45, 7) is 3.86. The van der Waals surface area contributed by atoms with Gasteiger partial charge in [-0.15, -0.1) is 11.3 Å². The predicted octanol–water partition coefficient (Wildman–Crippen LogP) is 1.52. The van der Waals surface area contributed by atoms with E-state index in [1.807, 2.05) is 31.0 Å². The van der Waals surface area contributed by atoms with Gasteiger partial charge in [0.1, 0.15) is 0 Å². The first-order chi connectivity index (χ1) is 7.74. The van der Waals surface area contributed by atoms with Crippen LogP contribution < -0.4 is 5.32 Å². The van der Waals surface area contributed by atoms with E-state index in [2.05, 4.69) is 20.8 Å². The van der Waals surface area contributed by atoms with Gasteiger partial charge in [0.15, 0.2) is 0 Å². The third kappa shape index (κ3) is 3.15. The molecule has 0 aliphatic rings. The van der Waals surface area contributed by atoms with E-state index in [4.69, 9.17) is 0 Å². The largest absolute Gasteiger partial charge is 0.312 e. The van der Waals surface area contributed by atoms with Gasteiger partial charge in [-0.2, -0.15) is 5.10 Å². The molecular formula is C11H16N4S. The number of hydrogen-bond acceptors (Lipinski definition) is 4. The van der Waals surface area contributed by atoms with Gasteiger partial charge >= 0.3 is 0 Å². The van der Waals surface area contributed by atoms with Gasteiger partial charge in [0.2, 0.25) is 0 Å². The van der Waals surface area contributed by atoms with E-state index in [1.54, 1.807) is 11.3 Å². The summed E-state index contributed by atoms with van der Waals surface area (Å²) in [6, 6.07) is 0. The maximum atomic E-state index is 4.42. The molecule has 5 heteroatoms. The zero-order chi connectivity index (χ0) is 11.4. The number of thiazole rings is 1. The van der Waals surface area contributed by atoms with Crippen molar-refractivity contribution in [2.24, 2.45) is 7.05 Å². The highest BCUT2D eigenvalue weighted by Gasteiger charge is 1.99. The van der Waals surface area contributed by atoms with E-state index in [9.17, 15) is 0 Å². The minimum absolute atomic E-state index is 0.873. The summed E-state index contributed by atoms with van der Waals surface area (Å²) >= 11 is 1.73. The minimum Gasteiger partial charge on any atom is -0.312 e. The minimum atomic E-state index is 0.873. The number of aromatic nitrogens is 3. The molecule has 2 heterocycles. The Morgan fingerprint density at radius 2 is 2.38 bits per heavy atom. The molecule has 2 aromatic rings. The van der Waals surface area contributed by atoms with Crippen LogP contribution in [0.4, 0.5) is 0 Å². The SMILES string of the molecule is Cc1csc(CCNCc2cnn(C)c2)n1. The number of hydrogen-bond donors (Lipinski definition) is 1. The van der Waals surface area contributed by atoms with E-state index in [0.717, 1.165) is 25.2 Å². The molecule has 0 fully saturated rings. The molecule has 86 valence electrons. The topological polar surface area (TPSA) is 42.7 Å². The zero-order valence-electron chi connectivity index (χ0n) is 9.60. The average molecular weight is 236 g/mol. The summed E-state index contributed by atoms with van der Waals surface area (Å²) in [6.07, 6.45) is 4.92. The second-order valence-electron chi connectivity index (χ2n) is 3.83. The molecule has 0 amide bonds. The van der Waals surface area contributed by atoms with Crippen LogP contribution in [0.15, 0.2) is 17.8 Å². The molecule has 2 rings (SSSR count). The van der Waals surface area contributed by atoms with Gasteiger partial charge < -0.3 is 5.32 Å². The Bertz CT molecular complexity index is 404. The Hall–Kier alpha value is -1.20. The van der Waals surface area contributed by atoms with E-state index in [1.165, 1.54) is 10.6 Å². The standard InChI is InChI=1S/C11H16N4S/c1-9-8-16-11(14-9)3-4-12-5-10-6-13-15(2)7-10/h6-8,12H,3-5H2,1-2H3. The fourth-order valence-electron chi connectivity index (χ4n) is 1.51. The number of nitrogens with zero attached hydrogens (tertiary/aromatic N) is 3. The van der Waals surface area contributed by atoms with Gasteiger partial charge in [-0.05, 0) is 6.92 Å². The first kappa shape index (κ1) is 11.3. The fraction of sp³-hybridized carbons (Fsp3) is 0.455. The van der Waals surface area contributed by atoms with E-state index >= 15 is 0 Å². The van der Waals surface area contributed by atoms with Crippen LogP contribution in [0.2, 0.25) is 0 Å². The van der Waals surface area contributed by atoms with E-state index in [-0.39, 0.29) is 0 Å². The van der Waals surface area contributed by atoms with Gasteiger partial charge in [-0.25, -0.2) is 4.98 Å². The van der Waals surface area contributed by atoms with Gasteiger partial charge in [0, 0.05) is 49.4 Å². The van der Waals surface area contributed by atoms with Crippen molar-refractivity contribution in [1.82, 2.24) is 20.1 Å². The monoisotopic (exact) mass is 236 g/mol. The van der Waals surface area contributed by atoms with Crippen LogP contribution in [-0.4, -0.2) is 21.3 Å². The molecule has 0 aliphatic heterocycles. The lowest BCUT2D eigenvalue weighted by molar-refractivity contribution is 0.683. The summed E-state index contributed by atoms with van der Waals surface area (Å²) in [5, 5.41) is 10.8. The Morgan fingerprint density at radius 3 is 3.00 bits per heavy atom. The van der Waals surface area contributed by atoms with Crippen LogP contribution in [0.1, 0.15) is 16.3 Å². The fourth-order valence-corrected chi connectivity index (χ4v) is 2.28. The first-order valence-corrected chi connectivity index (χ1v) is 6.21. The first-order valence-electron chi connectivity index (χ1n) is 5.33. The highest BCUT2D eigenvalue weighted by atomic mass is 32.1. The highest BCUT2D eigenvalue weighted by molar-refractivity contribution is 7.09. The molecule has 0 radical (unpaired) electrons. The average Bonchev–Trinajstić information content (AvgIpc) is 2.83. The number of aryl methyl sites for hydroxylation is 2. The summed E-state index contributed by atoms with van der Waals surface area (Å²) in [7, 11) is 1.93. The number of rotatable bonds is 5. The molecule has 0 spiro atoms. The maximum Gasteiger partial charge on any atom is 0.0940 e. The lowest BCUT2D eigenvalue weighted by Gasteiger charge is -2.00. The van der Waals surface area contributed by atoms with Gasteiger partial charge in [-0.3, -0.25) is 4.68 Å². The molecule has 1 N–H and O–H groups in total. The predicted molar refractivity (Wildman–Crippen MR) is 65.5 cm³/mol. The lowest BCUT2D eigenvalue weighted by Crippen LogP contribution is -2.16. The second kappa shape index (κ2) is 5.23. The summed E-state index contributed by atoms with van der Waals surface area (Å²) in [5.41, 5.74) is 2.34. The van der Waals surface area contributed by atoms with Crippen molar-refractivity contribution >= 4 is 11.3 Å². The molecule has 0 saturated heterocycles. The lowest BCUT2D eigenvalue weighted by atomic mass is 10.3. The summed E-state index contributed by atoms with van der Waals surface area (Å²) in [4.78, 5) is 4.42. The maximum absolute atomic E-state index is 4.42. The smallest absolute Gasteiger partial charge is 0.0940 e. The Labute approximate surface area is 99.3 Å². The quantitative estimate of drug-likeness (QED) is 0.800. The van der Waals surface area contributed by atoms with Crippen LogP contribution in [-0.2, 0) is 20.0 Å². The summed E-state index contributed by atoms with van der Waals surface area (Å²) < 4.78 is 1.82. The van der Waals surface area contributed by atoms with Crippen molar-refractivity contribution in [3.05, 3.63) is 34.0 Å². The number of nitrogens with one attached hydrogen (secondary N) is 1. The molecule has 0 unspecified atom stereocenters. The van der Waals surface area contributed by atoms with Gasteiger partial charge in [0.05, 0.1) is 11.2 Å². The molecule has 0 aromatic carbocycles. The molecule has 0 bridgehead atoms. The van der Waals surface area contributed by atoms with E-state index in [0.29, 0.717) is 0 Å². The molecule has 4 nitrogen and oxygen atoms in total. The van der Waals surface area contributed by atoms with Crippen LogP contribution in [0.3, 0.4) is 0 Å². The Balaban J connectivity index is 1.69. The van der Waals surface area contributed by atoms with E-state index < -0.39 is 0 Å². The van der Waals surface area contributed by atoms with Crippen molar-refractivity contribution in [3.63, 3.8) is 0 Å². The molecule has 16 heavy (non-hydrogen) atoms. The third-order valence-electron chi connectivity index (χ3n) is 2.27. The van der Waals surface area contributed by atoms with Crippen molar-refractivity contribution in [2.75, 3.05) is 6.54 Å². The Morgan fingerprint density at radius 1 is 1.50 bits per heavy atom. The molecule has 0 aliphatic carbocycles. The Kier molecular flexibility index (Phi) is 3.69. The highest BCUT2D eigenvalue weighted by Crippen LogP contribution is 2.08. The zero-order valence-corrected chi connectivity index (χ0v) is 10.4. The van der Waals surface area contributed by atoms with Crippen molar-refractivity contribution in [1.29, 1.82) is 0 Å². The van der Waals surface area contributed by atoms with Crippen LogP contribution >= 0.6 is 11.3 Å². The summed E-state index contributed by atoms with van der Waals surface area (Å²) in [5.74, 6) is 0. The van der Waals surface area contributed by atoms with Crippen molar-refractivity contribution in [3.8, 4) is 0 Å². The van der Waals surface area contributed by atoms with Crippen molar-refractivity contribution in [2.45, 2.75) is 19.9 Å². The third-order valence-corrected chi connectivity index (χ3v) is 3.30. The van der Waals surface area contributed by atoms with Crippen LogP contribution in [0.5, 0.6) is 0 Å². The van der Waals surface area contributed by atoms with Crippen LogP contribution in [0.25, 0.3) is 0 Å². The van der Waals surface area contributed by atoms with Crippen LogP contribution in [0, 0.1) is 6.92 Å². The second-order valence-corrected chi connectivity index (χ2v) is 4.77. The van der Waals surface area contributed by atoms with Crippen molar-refractivity contribution < 1.29 is 0 Å².